The van der Waals surface area contributed by atoms with Gasteiger partial charge in [-0.2, -0.15) is 0 Å². The molecule has 184 valence electrons. The monoisotopic (exact) mass is 556 g/mol. The quantitative estimate of drug-likeness (QED) is 0.344. The van der Waals surface area contributed by atoms with Gasteiger partial charge in [-0.1, -0.05) is 79.4 Å². The number of benzene rings is 3. The normalized spacial score (nSPS) is 14.9. The molecule has 0 bridgehead atoms. The third-order valence-electron chi connectivity index (χ3n) is 6.60. The first-order chi connectivity index (χ1) is 16.9. The summed E-state index contributed by atoms with van der Waals surface area (Å²) in [6.07, 6.45) is 5.42. The Balaban J connectivity index is 1.50. The first-order valence-corrected chi connectivity index (χ1v) is 13.2. The first-order valence-electron chi connectivity index (χ1n) is 12.1. The van der Waals surface area contributed by atoms with Crippen LogP contribution in [0.4, 0.5) is 0 Å². The van der Waals surface area contributed by atoms with Gasteiger partial charge in [0.15, 0.2) is 6.61 Å². The van der Waals surface area contributed by atoms with Crippen molar-refractivity contribution in [3.8, 4) is 5.75 Å². The van der Waals surface area contributed by atoms with E-state index in [1.54, 1.807) is 17.9 Å². The molecule has 0 heterocycles. The Bertz CT molecular complexity index is 1200. The molecule has 0 aliphatic heterocycles. The minimum absolute atomic E-state index is 0.149. The van der Waals surface area contributed by atoms with Gasteiger partial charge in [-0.25, -0.2) is 0 Å². The molecule has 3 aromatic rings. The average molecular weight is 558 g/mol. The van der Waals surface area contributed by atoms with E-state index in [4.69, 9.17) is 16.3 Å². The van der Waals surface area contributed by atoms with Gasteiger partial charge in [0.1, 0.15) is 11.8 Å². The molecule has 35 heavy (non-hydrogen) atoms. The minimum atomic E-state index is -0.663. The van der Waals surface area contributed by atoms with Crippen molar-refractivity contribution in [3.63, 3.8) is 0 Å². The topological polar surface area (TPSA) is 58.6 Å². The molecule has 5 nitrogen and oxygen atoms in total. The van der Waals surface area contributed by atoms with Crippen molar-refractivity contribution in [2.75, 3.05) is 6.61 Å². The highest BCUT2D eigenvalue weighted by Crippen LogP contribution is 2.33. The predicted molar refractivity (Wildman–Crippen MR) is 144 cm³/mol. The molecule has 2 amide bonds. The molecular formula is C28H30BrClN2O3. The lowest BCUT2D eigenvalue weighted by Gasteiger charge is -2.31. The molecule has 0 aromatic heterocycles. The van der Waals surface area contributed by atoms with Crippen molar-refractivity contribution < 1.29 is 14.3 Å². The summed E-state index contributed by atoms with van der Waals surface area (Å²) in [6.45, 7) is 1.79. The van der Waals surface area contributed by atoms with Gasteiger partial charge in [-0.3, -0.25) is 9.59 Å². The third-order valence-corrected chi connectivity index (χ3v) is 7.78. The fourth-order valence-electron chi connectivity index (χ4n) is 4.51. The summed E-state index contributed by atoms with van der Waals surface area (Å²) in [5.74, 6) is 0.148. The summed E-state index contributed by atoms with van der Waals surface area (Å²) in [6, 6.07) is 18.6. The second-order valence-electron chi connectivity index (χ2n) is 9.02. The maximum absolute atomic E-state index is 13.4. The molecule has 0 saturated heterocycles. The summed E-state index contributed by atoms with van der Waals surface area (Å²) in [5, 5.41) is 5.78. The summed E-state index contributed by atoms with van der Waals surface area (Å²) in [5.41, 5.74) is 0.784. The van der Waals surface area contributed by atoms with Gasteiger partial charge in [0.2, 0.25) is 5.91 Å². The number of hydrogen-bond donors (Lipinski definition) is 1. The number of ether oxygens (including phenoxy) is 1. The van der Waals surface area contributed by atoms with Crippen molar-refractivity contribution in [1.29, 1.82) is 0 Å². The van der Waals surface area contributed by atoms with Crippen LogP contribution in [-0.4, -0.2) is 35.4 Å². The Morgan fingerprint density at radius 1 is 1.06 bits per heavy atom. The zero-order valence-electron chi connectivity index (χ0n) is 19.8. The summed E-state index contributed by atoms with van der Waals surface area (Å²) < 4.78 is 6.73. The SMILES string of the molecule is C[C@@H](C(=O)NC1CCCCC1)N(Cc1ccccc1Cl)C(=O)COc1ccc2ccccc2c1Br. The van der Waals surface area contributed by atoms with Crippen LogP contribution in [0.3, 0.4) is 0 Å². The maximum Gasteiger partial charge on any atom is 0.261 e. The van der Waals surface area contributed by atoms with Gasteiger partial charge < -0.3 is 15.0 Å². The van der Waals surface area contributed by atoms with E-state index in [1.807, 2.05) is 54.6 Å². The van der Waals surface area contributed by atoms with Crippen LogP contribution in [-0.2, 0) is 16.1 Å². The van der Waals surface area contributed by atoms with E-state index in [0.717, 1.165) is 46.5 Å². The lowest BCUT2D eigenvalue weighted by Crippen LogP contribution is -2.51. The van der Waals surface area contributed by atoms with E-state index >= 15 is 0 Å². The number of rotatable bonds is 8. The largest absolute Gasteiger partial charge is 0.483 e. The molecule has 4 rings (SSSR count). The number of carbonyl (C=O) groups excluding carboxylic acids is 2. The van der Waals surface area contributed by atoms with Crippen molar-refractivity contribution in [1.82, 2.24) is 10.2 Å². The Hall–Kier alpha value is -2.57. The molecule has 0 unspecified atom stereocenters. The van der Waals surface area contributed by atoms with Crippen LogP contribution in [0.5, 0.6) is 5.75 Å². The van der Waals surface area contributed by atoms with Crippen molar-refractivity contribution >= 4 is 50.1 Å². The van der Waals surface area contributed by atoms with Crippen molar-refractivity contribution in [2.24, 2.45) is 0 Å². The van der Waals surface area contributed by atoms with Gasteiger partial charge in [0.25, 0.3) is 5.91 Å². The van der Waals surface area contributed by atoms with E-state index in [2.05, 4.69) is 21.2 Å². The fraction of sp³-hybridized carbons (Fsp3) is 0.357. The highest BCUT2D eigenvalue weighted by molar-refractivity contribution is 9.10. The summed E-state index contributed by atoms with van der Waals surface area (Å²) in [4.78, 5) is 28.1. The zero-order chi connectivity index (χ0) is 24.8. The second kappa shape index (κ2) is 11.9. The molecule has 1 aliphatic rings. The predicted octanol–water partition coefficient (Wildman–Crippen LogP) is 6.50. The number of nitrogens with one attached hydrogen (secondary N) is 1. The molecule has 7 heteroatoms. The van der Waals surface area contributed by atoms with Crippen LogP contribution >= 0.6 is 27.5 Å². The Kier molecular flexibility index (Phi) is 8.69. The number of nitrogens with zero attached hydrogens (tertiary/aromatic N) is 1. The standard InChI is InChI=1S/C28H30BrClN2O3/c1-19(28(34)31-22-11-3-2-4-12-22)32(17-21-10-6-8-14-24(21)30)26(33)18-35-25-16-15-20-9-5-7-13-23(20)27(25)29/h5-10,13-16,19,22H,2-4,11-12,17-18H2,1H3,(H,31,34)/t19-/m0/s1. The number of carbonyl (C=O) groups is 2. The van der Waals surface area contributed by atoms with Crippen LogP contribution in [0.25, 0.3) is 10.8 Å². The maximum atomic E-state index is 13.4. The van der Waals surface area contributed by atoms with Crippen LogP contribution in [0.1, 0.15) is 44.6 Å². The average Bonchev–Trinajstić information content (AvgIpc) is 2.88. The molecule has 1 fully saturated rings. The van der Waals surface area contributed by atoms with E-state index in [0.29, 0.717) is 10.8 Å². The molecule has 1 atom stereocenters. The van der Waals surface area contributed by atoms with Crippen LogP contribution in [0, 0.1) is 0 Å². The van der Waals surface area contributed by atoms with Crippen molar-refractivity contribution in [3.05, 3.63) is 75.7 Å². The van der Waals surface area contributed by atoms with Crippen LogP contribution in [0.15, 0.2) is 65.1 Å². The van der Waals surface area contributed by atoms with Gasteiger partial charge in [0, 0.05) is 17.6 Å². The van der Waals surface area contributed by atoms with Gasteiger partial charge >= 0.3 is 0 Å². The summed E-state index contributed by atoms with van der Waals surface area (Å²) >= 11 is 9.99. The van der Waals surface area contributed by atoms with E-state index in [-0.39, 0.29) is 31.0 Å². The lowest BCUT2D eigenvalue weighted by atomic mass is 9.95. The number of hydrogen-bond acceptors (Lipinski definition) is 3. The van der Waals surface area contributed by atoms with Gasteiger partial charge in [-0.05, 0) is 64.2 Å². The highest BCUT2D eigenvalue weighted by Gasteiger charge is 2.29. The Morgan fingerprint density at radius 3 is 2.54 bits per heavy atom. The summed E-state index contributed by atoms with van der Waals surface area (Å²) in [7, 11) is 0. The van der Waals surface area contributed by atoms with Crippen molar-refractivity contribution in [2.45, 2.75) is 57.7 Å². The third kappa shape index (κ3) is 6.36. The van der Waals surface area contributed by atoms with E-state index < -0.39 is 6.04 Å². The molecule has 1 N–H and O–H groups in total. The number of halogens is 2. The fourth-order valence-corrected chi connectivity index (χ4v) is 5.31. The number of fused-ring (bicyclic) bond motifs is 1. The lowest BCUT2D eigenvalue weighted by molar-refractivity contribution is -0.142. The Morgan fingerprint density at radius 2 is 1.77 bits per heavy atom. The van der Waals surface area contributed by atoms with E-state index in [9.17, 15) is 9.59 Å². The molecule has 0 radical (unpaired) electrons. The highest BCUT2D eigenvalue weighted by atomic mass is 79.9. The van der Waals surface area contributed by atoms with Gasteiger partial charge in [-0.15, -0.1) is 0 Å². The number of amides is 2. The minimum Gasteiger partial charge on any atom is -0.483 e. The molecule has 1 aliphatic carbocycles. The van der Waals surface area contributed by atoms with Crippen LogP contribution in [0.2, 0.25) is 5.02 Å². The molecule has 3 aromatic carbocycles. The van der Waals surface area contributed by atoms with E-state index in [1.165, 1.54) is 6.42 Å². The van der Waals surface area contributed by atoms with Gasteiger partial charge in [0.05, 0.1) is 4.47 Å². The smallest absolute Gasteiger partial charge is 0.261 e. The molecule has 1 saturated carbocycles. The van der Waals surface area contributed by atoms with Crippen LogP contribution < -0.4 is 10.1 Å². The first kappa shape index (κ1) is 25.5. The molecular weight excluding hydrogens is 528 g/mol. The molecule has 0 spiro atoms. The Labute approximate surface area is 219 Å². The zero-order valence-corrected chi connectivity index (χ0v) is 22.1. The second-order valence-corrected chi connectivity index (χ2v) is 10.2.